The van der Waals surface area contributed by atoms with Gasteiger partial charge in [-0.25, -0.2) is 9.59 Å². The van der Waals surface area contributed by atoms with Crippen molar-refractivity contribution in [3.8, 4) is 6.07 Å². The predicted molar refractivity (Wildman–Crippen MR) is 163 cm³/mol. The summed E-state index contributed by atoms with van der Waals surface area (Å²) in [4.78, 5) is 31.5. The van der Waals surface area contributed by atoms with Gasteiger partial charge in [-0.1, -0.05) is 66.7 Å². The van der Waals surface area contributed by atoms with Crippen LogP contribution in [0.2, 0.25) is 0 Å². The summed E-state index contributed by atoms with van der Waals surface area (Å²) in [6.07, 6.45) is 2.53. The van der Waals surface area contributed by atoms with Crippen LogP contribution in [-0.4, -0.2) is 65.8 Å². The first-order chi connectivity index (χ1) is 20.5. The molecule has 0 spiro atoms. The Morgan fingerprint density at radius 2 is 1.67 bits per heavy atom. The maximum absolute atomic E-state index is 13.4. The molecule has 8 nitrogen and oxygen atoms in total. The topological polar surface area (TPSA) is 99.9 Å². The molecule has 0 aliphatic carbocycles. The lowest BCUT2D eigenvalue weighted by Gasteiger charge is -2.45. The van der Waals surface area contributed by atoms with Crippen molar-refractivity contribution in [1.82, 2.24) is 15.1 Å². The van der Waals surface area contributed by atoms with Gasteiger partial charge in [0, 0.05) is 43.8 Å². The van der Waals surface area contributed by atoms with Gasteiger partial charge in [-0.3, -0.25) is 9.80 Å². The summed E-state index contributed by atoms with van der Waals surface area (Å²) in [5.74, 6) is 0.322. The molecule has 2 fully saturated rings. The van der Waals surface area contributed by atoms with Gasteiger partial charge in [0.05, 0.1) is 11.6 Å². The number of nitrogens with one attached hydrogen (secondary N) is 1. The van der Waals surface area contributed by atoms with Crippen molar-refractivity contribution in [2.75, 3.05) is 37.6 Å². The number of nitriles is 1. The van der Waals surface area contributed by atoms with Crippen LogP contribution in [0.4, 0.5) is 15.3 Å². The first-order valence-electron chi connectivity index (χ1n) is 14.9. The number of hydrogen-bond acceptors (Lipinski definition) is 4. The van der Waals surface area contributed by atoms with Gasteiger partial charge < -0.3 is 15.3 Å². The first kappa shape index (κ1) is 29.2. The third-order valence-corrected chi connectivity index (χ3v) is 8.63. The number of nitrogens with zero attached hydrogens (tertiary/aromatic N) is 4. The van der Waals surface area contributed by atoms with Crippen molar-refractivity contribution in [3.63, 3.8) is 0 Å². The first-order valence-corrected chi connectivity index (χ1v) is 14.9. The smallest absolute Gasteiger partial charge is 0.407 e. The highest BCUT2D eigenvalue weighted by molar-refractivity contribution is 5.93. The summed E-state index contributed by atoms with van der Waals surface area (Å²) in [7, 11) is 0. The van der Waals surface area contributed by atoms with Crippen LogP contribution in [0.1, 0.15) is 36.0 Å². The number of carboxylic acid groups (broad SMARTS) is 1. The van der Waals surface area contributed by atoms with Crippen LogP contribution in [0.5, 0.6) is 0 Å². The fourth-order valence-corrected chi connectivity index (χ4v) is 6.34. The van der Waals surface area contributed by atoms with Gasteiger partial charge >= 0.3 is 12.1 Å². The van der Waals surface area contributed by atoms with E-state index in [-0.39, 0.29) is 18.0 Å². The molecule has 2 saturated heterocycles. The van der Waals surface area contributed by atoms with Gasteiger partial charge in [0.25, 0.3) is 0 Å². The molecule has 42 heavy (non-hydrogen) atoms. The van der Waals surface area contributed by atoms with Crippen molar-refractivity contribution in [1.29, 1.82) is 5.26 Å². The number of carbonyl (C=O) groups excluding carboxylic acids is 1. The van der Waals surface area contributed by atoms with Crippen LogP contribution in [-0.2, 0) is 13.0 Å². The average Bonchev–Trinajstić information content (AvgIpc) is 3.02. The highest BCUT2D eigenvalue weighted by Gasteiger charge is 2.40. The second kappa shape index (κ2) is 14.0. The lowest BCUT2D eigenvalue weighted by Crippen LogP contribution is -2.61. The molecule has 3 aromatic carbocycles. The fourth-order valence-electron chi connectivity index (χ4n) is 6.34. The number of hydrogen-bond donors (Lipinski definition) is 2. The Bertz CT molecular complexity index is 1370. The highest BCUT2D eigenvalue weighted by Crippen LogP contribution is 2.33. The molecule has 0 aromatic heterocycles. The number of urea groups is 1. The molecular formula is C34H39N5O3. The van der Waals surface area contributed by atoms with Gasteiger partial charge in [-0.2, -0.15) is 5.26 Å². The van der Waals surface area contributed by atoms with Crippen molar-refractivity contribution >= 4 is 17.8 Å². The number of likely N-dealkylation sites (tertiary alicyclic amines) is 1. The summed E-state index contributed by atoms with van der Waals surface area (Å²) >= 11 is 0. The molecule has 5 rings (SSSR count). The molecule has 2 aliphatic rings. The molecule has 218 valence electrons. The summed E-state index contributed by atoms with van der Waals surface area (Å²) in [5, 5.41) is 22.7. The van der Waals surface area contributed by atoms with Gasteiger partial charge in [0.2, 0.25) is 0 Å². The van der Waals surface area contributed by atoms with Gasteiger partial charge in [-0.05, 0) is 74.0 Å². The largest absolute Gasteiger partial charge is 0.465 e. The minimum atomic E-state index is -0.950. The average molecular weight is 566 g/mol. The van der Waals surface area contributed by atoms with Crippen molar-refractivity contribution in [2.24, 2.45) is 11.8 Å². The Labute approximate surface area is 248 Å². The van der Waals surface area contributed by atoms with E-state index in [0.717, 1.165) is 44.5 Å². The molecular weight excluding hydrogens is 526 g/mol. The molecule has 3 amide bonds. The Hall–Kier alpha value is -4.35. The van der Waals surface area contributed by atoms with E-state index >= 15 is 0 Å². The summed E-state index contributed by atoms with van der Waals surface area (Å²) in [6.45, 7) is 4.05. The van der Waals surface area contributed by atoms with Gasteiger partial charge in [0.1, 0.15) is 0 Å². The zero-order valence-corrected chi connectivity index (χ0v) is 23.9. The summed E-state index contributed by atoms with van der Waals surface area (Å²) in [5.41, 5.74) is 3.57. The van der Waals surface area contributed by atoms with Crippen LogP contribution in [0.25, 0.3) is 0 Å². The molecule has 2 heterocycles. The third kappa shape index (κ3) is 7.48. The number of amides is 3. The molecule has 2 N–H and O–H groups in total. The molecule has 2 aliphatic heterocycles. The van der Waals surface area contributed by atoms with E-state index in [2.05, 4.69) is 40.6 Å². The predicted octanol–water partition coefficient (Wildman–Crippen LogP) is 5.60. The Balaban J connectivity index is 1.33. The van der Waals surface area contributed by atoms with E-state index in [4.69, 9.17) is 0 Å². The molecule has 0 saturated carbocycles. The lowest BCUT2D eigenvalue weighted by atomic mass is 9.82. The molecule has 2 unspecified atom stereocenters. The van der Waals surface area contributed by atoms with Crippen LogP contribution < -0.4 is 10.2 Å². The van der Waals surface area contributed by atoms with Gasteiger partial charge in [0.15, 0.2) is 0 Å². The number of piperidine rings is 1. The van der Waals surface area contributed by atoms with Gasteiger partial charge in [-0.15, -0.1) is 0 Å². The van der Waals surface area contributed by atoms with E-state index in [1.165, 1.54) is 10.5 Å². The van der Waals surface area contributed by atoms with E-state index in [1.54, 1.807) is 23.1 Å². The van der Waals surface area contributed by atoms with Crippen LogP contribution >= 0.6 is 0 Å². The van der Waals surface area contributed by atoms with E-state index < -0.39 is 6.09 Å². The van der Waals surface area contributed by atoms with E-state index in [1.807, 2.05) is 42.5 Å². The van der Waals surface area contributed by atoms with Crippen LogP contribution in [0.3, 0.4) is 0 Å². The normalized spacial score (nSPS) is 19.6. The van der Waals surface area contributed by atoms with E-state index in [9.17, 15) is 20.0 Å². The standard InChI is InChI=1S/C34H39N5O3/c35-22-29-12-7-13-31(20-29)39-32(21-27-14-17-37(18-15-27)24-28-10-5-2-6-11-28)30(23-36-33(39)40)25-38(34(41)42)19-16-26-8-3-1-4-9-26/h1-13,20,27,30,32H,14-19,21,23-25H2,(H,36,40)(H,41,42). The minimum Gasteiger partial charge on any atom is -0.465 e. The number of benzene rings is 3. The molecule has 0 radical (unpaired) electrons. The zero-order valence-electron chi connectivity index (χ0n) is 23.9. The van der Waals surface area contributed by atoms with Crippen molar-refractivity contribution < 1.29 is 14.7 Å². The molecule has 2 atom stereocenters. The number of rotatable bonds is 10. The SMILES string of the molecule is N#Cc1cccc(N2C(=O)NCC(CN(CCc3ccccc3)C(=O)O)C2CC2CCN(Cc3ccccc3)CC2)c1. The second-order valence-electron chi connectivity index (χ2n) is 11.5. The molecule has 8 heteroatoms. The summed E-state index contributed by atoms with van der Waals surface area (Å²) in [6, 6.07) is 29.4. The van der Waals surface area contributed by atoms with Crippen molar-refractivity contribution in [2.45, 2.75) is 38.3 Å². The van der Waals surface area contributed by atoms with Crippen LogP contribution in [0, 0.1) is 23.2 Å². The fraction of sp³-hybridized carbons (Fsp3) is 0.382. The lowest BCUT2D eigenvalue weighted by molar-refractivity contribution is 0.123. The number of carbonyl (C=O) groups is 2. The second-order valence-corrected chi connectivity index (χ2v) is 11.5. The maximum Gasteiger partial charge on any atom is 0.407 e. The summed E-state index contributed by atoms with van der Waals surface area (Å²) < 4.78 is 0. The van der Waals surface area contributed by atoms with Crippen LogP contribution in [0.15, 0.2) is 84.9 Å². The maximum atomic E-state index is 13.4. The highest BCUT2D eigenvalue weighted by atomic mass is 16.4. The molecule has 0 bridgehead atoms. The minimum absolute atomic E-state index is 0.0948. The zero-order chi connectivity index (χ0) is 29.3. The quantitative estimate of drug-likeness (QED) is 0.334. The molecule has 3 aromatic rings. The Morgan fingerprint density at radius 1 is 0.976 bits per heavy atom. The van der Waals surface area contributed by atoms with Crippen molar-refractivity contribution in [3.05, 3.63) is 102 Å². The van der Waals surface area contributed by atoms with E-state index in [0.29, 0.717) is 43.2 Å². The third-order valence-electron chi connectivity index (χ3n) is 8.63. The monoisotopic (exact) mass is 565 g/mol. The number of anilines is 1. The Morgan fingerprint density at radius 3 is 2.33 bits per heavy atom. The Kier molecular flexibility index (Phi) is 9.73.